The van der Waals surface area contributed by atoms with E-state index in [0.717, 1.165) is 0 Å². The van der Waals surface area contributed by atoms with Crippen LogP contribution in [-0.4, -0.2) is 103 Å². The number of aromatic amines is 1. The number of nitrogens with one attached hydrogen (secondary N) is 2. The number of methoxy groups -OCH3 is 1. The number of benzene rings is 2. The van der Waals surface area contributed by atoms with Crippen molar-refractivity contribution in [3.05, 3.63) is 92.9 Å². The van der Waals surface area contributed by atoms with E-state index >= 15 is 0 Å². The maximum absolute atomic E-state index is 13.2. The molecule has 1 aromatic heterocycles. The molecule has 2 amide bonds. The number of H-pyrrole nitrogens is 1. The van der Waals surface area contributed by atoms with Crippen molar-refractivity contribution < 1.29 is 38.1 Å². The maximum Gasteiger partial charge on any atom is 0.355 e. The fraction of sp³-hybridized carbons (Fsp3) is 0.324. The van der Waals surface area contributed by atoms with Crippen LogP contribution in [-0.2, 0) is 33.3 Å². The predicted molar refractivity (Wildman–Crippen MR) is 189 cm³/mol. The number of rotatable bonds is 17. The highest BCUT2D eigenvalue weighted by atomic mass is 35.5. The van der Waals surface area contributed by atoms with E-state index in [2.05, 4.69) is 21.9 Å². The van der Waals surface area contributed by atoms with Crippen molar-refractivity contribution in [1.29, 1.82) is 0 Å². The number of β-lactam (4-membered cyclic amide) rings is 1. The summed E-state index contributed by atoms with van der Waals surface area (Å²) in [6.45, 7) is 4.72. The Morgan fingerprint density at radius 1 is 1.08 bits per heavy atom. The Morgan fingerprint density at radius 3 is 2.64 bits per heavy atom. The molecule has 0 aliphatic carbocycles. The van der Waals surface area contributed by atoms with Crippen LogP contribution in [0.3, 0.4) is 0 Å². The Labute approximate surface area is 301 Å². The topological polar surface area (TPSA) is 158 Å². The first-order valence-corrected chi connectivity index (χ1v) is 17.2. The molecule has 0 saturated carbocycles. The molecule has 0 bridgehead atoms. The van der Waals surface area contributed by atoms with Gasteiger partial charge in [0.15, 0.2) is 0 Å². The third-order valence-corrected chi connectivity index (χ3v) is 9.17. The first-order valence-electron chi connectivity index (χ1n) is 15.4. The molecule has 264 valence electrons. The number of hydrogen-bond acceptors (Lipinski definition) is 11. The number of esters is 1. The standard InChI is InChI=1S/C34H34Cl2N4O9S/c1-3-10-49-34(44)29-20(19-50-33-28(32(43)40(29)33)38-27(41)18-47-15-14-46-13-12-45-2)5-4-11-48-26-9-7-22(36)17-24(26)30-37-25-8-6-21(35)16-23(25)31(42)39-30/h3-9,16-17,28,33H,1,10-15,18-19H2,2H3,(H,38,41)(H,37,39,42). The molecule has 2 atom stereocenters. The van der Waals surface area contributed by atoms with E-state index in [0.29, 0.717) is 63.4 Å². The van der Waals surface area contributed by atoms with Gasteiger partial charge in [0.1, 0.15) is 48.5 Å². The molecular weight excluding hydrogens is 711 g/mol. The fourth-order valence-corrected chi connectivity index (χ4v) is 6.75. The smallest absolute Gasteiger partial charge is 0.355 e. The summed E-state index contributed by atoms with van der Waals surface area (Å²) in [7, 11) is 1.57. The molecule has 1 saturated heterocycles. The van der Waals surface area contributed by atoms with Gasteiger partial charge in [-0.05, 0) is 48.0 Å². The van der Waals surface area contributed by atoms with E-state index in [4.69, 9.17) is 46.9 Å². The number of hydrogen-bond donors (Lipinski definition) is 2. The number of carbonyl (C=O) groups is 3. The zero-order valence-electron chi connectivity index (χ0n) is 26.9. The van der Waals surface area contributed by atoms with Crippen molar-refractivity contribution in [2.24, 2.45) is 0 Å². The molecular formula is C34H34Cl2N4O9S. The van der Waals surface area contributed by atoms with Crippen molar-refractivity contribution in [2.75, 3.05) is 59.1 Å². The van der Waals surface area contributed by atoms with E-state index in [9.17, 15) is 19.2 Å². The summed E-state index contributed by atoms with van der Waals surface area (Å²) in [6.07, 6.45) is 4.80. The molecule has 0 radical (unpaired) electrons. The molecule has 2 aromatic carbocycles. The maximum atomic E-state index is 13.2. The van der Waals surface area contributed by atoms with Gasteiger partial charge in [0.25, 0.3) is 11.5 Å². The lowest BCUT2D eigenvalue weighted by Crippen LogP contribution is -2.70. The van der Waals surface area contributed by atoms with Crippen LogP contribution in [0.2, 0.25) is 10.0 Å². The highest BCUT2D eigenvalue weighted by Crippen LogP contribution is 2.41. The molecule has 2 aliphatic rings. The van der Waals surface area contributed by atoms with Gasteiger partial charge in [-0.15, -0.1) is 11.8 Å². The van der Waals surface area contributed by atoms with Gasteiger partial charge in [0, 0.05) is 22.9 Å². The zero-order chi connectivity index (χ0) is 35.6. The minimum absolute atomic E-state index is 0.0494. The molecule has 1 fully saturated rings. The molecule has 3 aromatic rings. The fourth-order valence-electron chi connectivity index (χ4n) is 5.09. The average molecular weight is 746 g/mol. The van der Waals surface area contributed by atoms with Gasteiger partial charge in [0.05, 0.1) is 42.9 Å². The van der Waals surface area contributed by atoms with Crippen LogP contribution in [0.4, 0.5) is 0 Å². The Bertz CT molecular complexity index is 1880. The Balaban J connectivity index is 1.26. The summed E-state index contributed by atoms with van der Waals surface area (Å²) < 4.78 is 26.9. The molecule has 2 unspecified atom stereocenters. The van der Waals surface area contributed by atoms with E-state index in [-0.39, 0.29) is 43.5 Å². The van der Waals surface area contributed by atoms with Crippen LogP contribution in [0.15, 0.2) is 77.3 Å². The summed E-state index contributed by atoms with van der Waals surface area (Å²) >= 11 is 13.7. The normalized spacial score (nSPS) is 17.1. The molecule has 50 heavy (non-hydrogen) atoms. The molecule has 3 heterocycles. The van der Waals surface area contributed by atoms with Crippen molar-refractivity contribution in [3.63, 3.8) is 0 Å². The van der Waals surface area contributed by atoms with Crippen LogP contribution >= 0.6 is 35.0 Å². The molecule has 0 spiro atoms. The number of nitrogens with zero attached hydrogens (tertiary/aromatic N) is 2. The molecule has 16 heteroatoms. The van der Waals surface area contributed by atoms with Crippen LogP contribution in [0.1, 0.15) is 0 Å². The summed E-state index contributed by atoms with van der Waals surface area (Å²) in [5.41, 5.74) is 1.16. The van der Waals surface area contributed by atoms with E-state index in [1.165, 1.54) is 22.7 Å². The summed E-state index contributed by atoms with van der Waals surface area (Å²) in [6, 6.07) is 8.94. The van der Waals surface area contributed by atoms with Crippen molar-refractivity contribution in [3.8, 4) is 17.1 Å². The summed E-state index contributed by atoms with van der Waals surface area (Å²) in [5.74, 6) is -0.602. The van der Waals surface area contributed by atoms with Gasteiger partial charge in [-0.2, -0.15) is 0 Å². The largest absolute Gasteiger partial charge is 0.489 e. The van der Waals surface area contributed by atoms with Crippen LogP contribution in [0.25, 0.3) is 22.3 Å². The average Bonchev–Trinajstić information content (AvgIpc) is 3.11. The first kappa shape index (κ1) is 37.1. The number of fused-ring (bicyclic) bond motifs is 2. The number of carbonyl (C=O) groups excluding carboxylic acids is 3. The third-order valence-electron chi connectivity index (χ3n) is 7.40. The second kappa shape index (κ2) is 17.7. The van der Waals surface area contributed by atoms with Gasteiger partial charge in [0.2, 0.25) is 5.91 Å². The third kappa shape index (κ3) is 8.94. The second-order valence-electron chi connectivity index (χ2n) is 10.8. The Morgan fingerprint density at radius 2 is 1.84 bits per heavy atom. The predicted octanol–water partition coefficient (Wildman–Crippen LogP) is 3.89. The van der Waals surface area contributed by atoms with Gasteiger partial charge in [-0.25, -0.2) is 9.78 Å². The Hall–Kier alpha value is -4.18. The van der Waals surface area contributed by atoms with Gasteiger partial charge < -0.3 is 34.0 Å². The number of allylic oxidation sites excluding steroid dienone is 1. The van der Waals surface area contributed by atoms with Crippen LogP contribution in [0, 0.1) is 0 Å². The molecule has 13 nitrogen and oxygen atoms in total. The van der Waals surface area contributed by atoms with Gasteiger partial charge in [-0.3, -0.25) is 19.3 Å². The lowest BCUT2D eigenvalue weighted by atomic mass is 10.0. The number of aromatic nitrogens is 2. The number of ether oxygens (including phenoxy) is 5. The molecule has 2 aliphatic heterocycles. The minimum atomic E-state index is -0.833. The highest BCUT2D eigenvalue weighted by Gasteiger charge is 2.54. The van der Waals surface area contributed by atoms with Gasteiger partial charge in [-0.1, -0.05) is 41.9 Å². The van der Waals surface area contributed by atoms with Crippen molar-refractivity contribution >= 4 is 63.7 Å². The van der Waals surface area contributed by atoms with E-state index < -0.39 is 29.2 Å². The lowest BCUT2D eigenvalue weighted by Gasteiger charge is -2.49. The van der Waals surface area contributed by atoms with Crippen LogP contribution in [0.5, 0.6) is 5.75 Å². The van der Waals surface area contributed by atoms with E-state index in [1.807, 2.05) is 0 Å². The van der Waals surface area contributed by atoms with Gasteiger partial charge >= 0.3 is 5.97 Å². The SMILES string of the molecule is C=CCOC(=O)C1=C(C=CCOc2ccc(Cl)cc2-c2nc3ccc(Cl)cc3c(=O)[nH]2)CSC2C(NC(=O)COCCOCCOC)C(=O)N12. The number of halogens is 2. The highest BCUT2D eigenvalue weighted by molar-refractivity contribution is 8.00. The zero-order valence-corrected chi connectivity index (χ0v) is 29.3. The molecule has 2 N–H and O–H groups in total. The summed E-state index contributed by atoms with van der Waals surface area (Å²) in [4.78, 5) is 60.3. The second-order valence-corrected chi connectivity index (χ2v) is 12.8. The first-order chi connectivity index (χ1) is 24.2. The monoisotopic (exact) mass is 744 g/mol. The van der Waals surface area contributed by atoms with Crippen molar-refractivity contribution in [1.82, 2.24) is 20.2 Å². The number of thioether (sulfide) groups is 1. The number of amides is 2. The minimum Gasteiger partial charge on any atom is -0.489 e. The Kier molecular flexibility index (Phi) is 13.1. The van der Waals surface area contributed by atoms with Crippen molar-refractivity contribution in [2.45, 2.75) is 11.4 Å². The quantitative estimate of drug-likeness (QED) is 0.0894. The molecule has 5 rings (SSSR count). The van der Waals surface area contributed by atoms with E-state index in [1.54, 1.807) is 55.7 Å². The van der Waals surface area contributed by atoms with Crippen LogP contribution < -0.4 is 15.6 Å². The lowest BCUT2D eigenvalue weighted by molar-refractivity contribution is -0.152. The summed E-state index contributed by atoms with van der Waals surface area (Å²) in [5, 5.41) is 3.36.